The third kappa shape index (κ3) is 4.62. The van der Waals surface area contributed by atoms with Crippen molar-refractivity contribution in [3.05, 3.63) is 68.7 Å². The molecule has 0 radical (unpaired) electrons. The molecule has 1 atom stereocenters. The van der Waals surface area contributed by atoms with Crippen LogP contribution in [-0.4, -0.2) is 6.04 Å². The number of aryl methyl sites for hydroxylation is 1. The first kappa shape index (κ1) is 15.6. The molecule has 0 spiro atoms. The molecule has 2 aromatic carbocycles. The maximum atomic E-state index is 5.98. The second-order valence-electron chi connectivity index (χ2n) is 5.18. The van der Waals surface area contributed by atoms with Crippen LogP contribution in [0, 0.1) is 6.92 Å². The van der Waals surface area contributed by atoms with E-state index >= 15 is 0 Å². The average molecular weight is 353 g/mol. The summed E-state index contributed by atoms with van der Waals surface area (Å²) in [5.41, 5.74) is 3.89. The molecule has 0 aliphatic carbocycles. The van der Waals surface area contributed by atoms with Gasteiger partial charge in [-0.2, -0.15) is 0 Å². The van der Waals surface area contributed by atoms with Crippen molar-refractivity contribution in [1.82, 2.24) is 5.32 Å². The van der Waals surface area contributed by atoms with E-state index in [2.05, 4.69) is 65.4 Å². The van der Waals surface area contributed by atoms with E-state index in [-0.39, 0.29) is 0 Å². The molecule has 1 nitrogen and oxygen atoms in total. The molecule has 0 saturated heterocycles. The maximum Gasteiger partial charge on any atom is 0.0408 e. The van der Waals surface area contributed by atoms with Crippen LogP contribution in [0.15, 0.2) is 46.9 Å². The fourth-order valence-electron chi connectivity index (χ4n) is 2.19. The first-order valence-corrected chi connectivity index (χ1v) is 7.94. The highest BCUT2D eigenvalue weighted by Crippen LogP contribution is 2.16. The van der Waals surface area contributed by atoms with Gasteiger partial charge in [-0.05, 0) is 61.2 Å². The van der Waals surface area contributed by atoms with Gasteiger partial charge in [-0.1, -0.05) is 45.7 Å². The largest absolute Gasteiger partial charge is 0.310 e. The zero-order chi connectivity index (χ0) is 14.5. The normalized spacial score (nSPS) is 12.4. The molecule has 0 heterocycles. The minimum absolute atomic E-state index is 0.436. The molecule has 20 heavy (non-hydrogen) atoms. The predicted molar refractivity (Wildman–Crippen MR) is 90.3 cm³/mol. The van der Waals surface area contributed by atoms with Crippen LogP contribution in [0.2, 0.25) is 5.02 Å². The third-order valence-electron chi connectivity index (χ3n) is 3.40. The molecule has 0 aliphatic rings. The van der Waals surface area contributed by atoms with Crippen molar-refractivity contribution in [1.29, 1.82) is 0 Å². The standard InChI is InChI=1S/C17H19BrClN/c1-12-9-17(19)8-5-15(12)11-20-13(2)10-14-3-6-16(18)7-4-14/h3-9,13,20H,10-11H2,1-2H3. The lowest BCUT2D eigenvalue weighted by molar-refractivity contribution is 0.544. The molecule has 0 aliphatic heterocycles. The highest BCUT2D eigenvalue weighted by Gasteiger charge is 2.05. The van der Waals surface area contributed by atoms with E-state index in [1.54, 1.807) is 0 Å². The summed E-state index contributed by atoms with van der Waals surface area (Å²) < 4.78 is 1.12. The summed E-state index contributed by atoms with van der Waals surface area (Å²) in [5.74, 6) is 0. The first-order chi connectivity index (χ1) is 9.54. The second kappa shape index (κ2) is 7.26. The highest BCUT2D eigenvalue weighted by atomic mass is 79.9. The smallest absolute Gasteiger partial charge is 0.0408 e. The Hall–Kier alpha value is -0.830. The summed E-state index contributed by atoms with van der Waals surface area (Å²) in [7, 11) is 0. The van der Waals surface area contributed by atoms with Gasteiger partial charge in [0.1, 0.15) is 0 Å². The molecule has 0 aromatic heterocycles. The lowest BCUT2D eigenvalue weighted by atomic mass is 10.1. The van der Waals surface area contributed by atoms with Gasteiger partial charge in [-0.15, -0.1) is 0 Å². The predicted octanol–water partition coefficient (Wildman–Crippen LogP) is 5.13. The fraction of sp³-hybridized carbons (Fsp3) is 0.294. The summed E-state index contributed by atoms with van der Waals surface area (Å²) in [6, 6.07) is 15.0. The van der Waals surface area contributed by atoms with Crippen LogP contribution in [-0.2, 0) is 13.0 Å². The molecule has 0 saturated carbocycles. The molecule has 106 valence electrons. The van der Waals surface area contributed by atoms with Gasteiger partial charge in [-0.3, -0.25) is 0 Å². The number of hydrogen-bond donors (Lipinski definition) is 1. The highest BCUT2D eigenvalue weighted by molar-refractivity contribution is 9.10. The summed E-state index contributed by atoms with van der Waals surface area (Å²) in [6.45, 7) is 5.19. The molecule has 3 heteroatoms. The molecule has 1 unspecified atom stereocenters. The Morgan fingerprint density at radius 2 is 1.85 bits per heavy atom. The van der Waals surface area contributed by atoms with E-state index in [9.17, 15) is 0 Å². The molecule has 0 fully saturated rings. The summed E-state index contributed by atoms with van der Waals surface area (Å²) >= 11 is 9.44. The van der Waals surface area contributed by atoms with Gasteiger partial charge >= 0.3 is 0 Å². The minimum Gasteiger partial charge on any atom is -0.310 e. The number of nitrogens with one attached hydrogen (secondary N) is 1. The molecule has 2 aromatic rings. The summed E-state index contributed by atoms with van der Waals surface area (Å²) in [5, 5.41) is 4.37. The van der Waals surface area contributed by atoms with Crippen molar-refractivity contribution in [2.75, 3.05) is 0 Å². The van der Waals surface area contributed by atoms with Crippen molar-refractivity contribution < 1.29 is 0 Å². The summed E-state index contributed by atoms with van der Waals surface area (Å²) in [6.07, 6.45) is 1.03. The summed E-state index contributed by atoms with van der Waals surface area (Å²) in [4.78, 5) is 0. The monoisotopic (exact) mass is 351 g/mol. The topological polar surface area (TPSA) is 12.0 Å². The van der Waals surface area contributed by atoms with Crippen molar-refractivity contribution in [2.24, 2.45) is 0 Å². The van der Waals surface area contributed by atoms with Crippen LogP contribution in [0.1, 0.15) is 23.6 Å². The van der Waals surface area contributed by atoms with Crippen LogP contribution < -0.4 is 5.32 Å². The van der Waals surface area contributed by atoms with Gasteiger partial charge in [0.2, 0.25) is 0 Å². The van der Waals surface area contributed by atoms with Crippen LogP contribution in [0.5, 0.6) is 0 Å². The molecule has 0 amide bonds. The second-order valence-corrected chi connectivity index (χ2v) is 6.54. The Morgan fingerprint density at radius 1 is 1.15 bits per heavy atom. The lowest BCUT2D eigenvalue weighted by Gasteiger charge is -2.15. The van der Waals surface area contributed by atoms with Crippen molar-refractivity contribution in [2.45, 2.75) is 32.9 Å². The Labute approximate surface area is 134 Å². The molecule has 1 N–H and O–H groups in total. The van der Waals surface area contributed by atoms with Crippen LogP contribution >= 0.6 is 27.5 Å². The Kier molecular flexibility index (Phi) is 5.64. The van der Waals surface area contributed by atoms with Gasteiger partial charge in [-0.25, -0.2) is 0 Å². The molecule has 2 rings (SSSR count). The lowest BCUT2D eigenvalue weighted by Crippen LogP contribution is -2.27. The molecular formula is C17H19BrClN. The van der Waals surface area contributed by atoms with E-state index in [4.69, 9.17) is 11.6 Å². The third-order valence-corrected chi connectivity index (χ3v) is 4.16. The number of rotatable bonds is 5. The zero-order valence-corrected chi connectivity index (χ0v) is 14.1. The van der Waals surface area contributed by atoms with Crippen LogP contribution in [0.25, 0.3) is 0 Å². The number of hydrogen-bond acceptors (Lipinski definition) is 1. The van der Waals surface area contributed by atoms with E-state index in [1.165, 1.54) is 16.7 Å². The van der Waals surface area contributed by atoms with Gasteiger partial charge in [0, 0.05) is 22.1 Å². The Morgan fingerprint density at radius 3 is 2.50 bits per heavy atom. The SMILES string of the molecule is Cc1cc(Cl)ccc1CNC(C)Cc1ccc(Br)cc1. The van der Waals surface area contributed by atoms with E-state index in [1.807, 2.05) is 12.1 Å². The average Bonchev–Trinajstić information content (AvgIpc) is 2.40. The van der Waals surface area contributed by atoms with Crippen molar-refractivity contribution in [3.8, 4) is 0 Å². The minimum atomic E-state index is 0.436. The molecular weight excluding hydrogens is 334 g/mol. The zero-order valence-electron chi connectivity index (χ0n) is 11.8. The molecule has 0 bridgehead atoms. The quantitative estimate of drug-likeness (QED) is 0.786. The van der Waals surface area contributed by atoms with E-state index in [0.717, 1.165) is 22.5 Å². The van der Waals surface area contributed by atoms with Gasteiger partial charge in [0.15, 0.2) is 0 Å². The van der Waals surface area contributed by atoms with Crippen molar-refractivity contribution >= 4 is 27.5 Å². The van der Waals surface area contributed by atoms with E-state index in [0.29, 0.717) is 6.04 Å². The fourth-order valence-corrected chi connectivity index (χ4v) is 2.68. The van der Waals surface area contributed by atoms with Gasteiger partial charge in [0.25, 0.3) is 0 Å². The van der Waals surface area contributed by atoms with Crippen molar-refractivity contribution in [3.63, 3.8) is 0 Å². The van der Waals surface area contributed by atoms with Crippen LogP contribution in [0.4, 0.5) is 0 Å². The van der Waals surface area contributed by atoms with Gasteiger partial charge < -0.3 is 5.32 Å². The number of benzene rings is 2. The number of halogens is 2. The maximum absolute atomic E-state index is 5.98. The Bertz CT molecular complexity index is 566. The van der Waals surface area contributed by atoms with Crippen LogP contribution in [0.3, 0.4) is 0 Å². The van der Waals surface area contributed by atoms with E-state index < -0.39 is 0 Å². The Balaban J connectivity index is 1.88. The first-order valence-electron chi connectivity index (χ1n) is 6.77. The van der Waals surface area contributed by atoms with Gasteiger partial charge in [0.05, 0.1) is 0 Å².